The molecule has 1 aliphatic heterocycles. The number of hydrogen-bond donors (Lipinski definition) is 0. The van der Waals surface area contributed by atoms with Gasteiger partial charge in [0.2, 0.25) is 0 Å². The van der Waals surface area contributed by atoms with Crippen molar-refractivity contribution in [2.75, 3.05) is 0 Å². The van der Waals surface area contributed by atoms with E-state index in [9.17, 15) is 4.79 Å². The first kappa shape index (κ1) is 12.7. The van der Waals surface area contributed by atoms with Crippen LogP contribution < -0.4 is 4.74 Å². The molecule has 1 heterocycles. The fraction of sp³-hybridized carbons (Fsp3) is 0.588. The van der Waals surface area contributed by atoms with E-state index in [-0.39, 0.29) is 11.9 Å². The van der Waals surface area contributed by atoms with Crippen molar-refractivity contribution in [3.63, 3.8) is 0 Å². The topological polar surface area (TPSA) is 26.3 Å². The van der Waals surface area contributed by atoms with Gasteiger partial charge in [-0.05, 0) is 43.7 Å². The highest BCUT2D eigenvalue weighted by Gasteiger charge is 2.34. The Morgan fingerprint density at radius 1 is 1.26 bits per heavy atom. The summed E-state index contributed by atoms with van der Waals surface area (Å²) in [4.78, 5) is 12.3. The molecule has 2 heteroatoms. The smallest absolute Gasteiger partial charge is 0.170 e. The molecule has 0 bridgehead atoms. The SMILES string of the molecule is Cc1ccc2c(c1)C(=O)CC(C1CCCC(C)C1)O2. The average Bonchev–Trinajstić information content (AvgIpc) is 2.39. The number of rotatable bonds is 1. The first-order valence-electron chi connectivity index (χ1n) is 7.44. The lowest BCUT2D eigenvalue weighted by atomic mass is 9.77. The van der Waals surface area contributed by atoms with Gasteiger partial charge in [-0.3, -0.25) is 4.79 Å². The Balaban J connectivity index is 1.81. The van der Waals surface area contributed by atoms with Crippen LogP contribution in [0.4, 0.5) is 0 Å². The maximum atomic E-state index is 12.3. The Bertz CT molecular complexity index is 492. The number of Topliss-reactive ketones (excluding diaryl/α,β-unsaturated/α-hetero) is 1. The minimum absolute atomic E-state index is 0.102. The van der Waals surface area contributed by atoms with Crippen LogP contribution in [0.25, 0.3) is 0 Å². The van der Waals surface area contributed by atoms with E-state index in [0.29, 0.717) is 12.3 Å². The predicted molar refractivity (Wildman–Crippen MR) is 75.7 cm³/mol. The van der Waals surface area contributed by atoms with E-state index in [1.54, 1.807) is 0 Å². The minimum Gasteiger partial charge on any atom is -0.489 e. The van der Waals surface area contributed by atoms with Gasteiger partial charge in [-0.1, -0.05) is 31.4 Å². The summed E-state index contributed by atoms with van der Waals surface area (Å²) in [6.45, 7) is 4.33. The molecule has 1 aromatic rings. The minimum atomic E-state index is 0.102. The fourth-order valence-electron chi connectivity index (χ4n) is 3.54. The van der Waals surface area contributed by atoms with Crippen LogP contribution in [0.1, 0.15) is 54.9 Å². The van der Waals surface area contributed by atoms with Gasteiger partial charge in [0.15, 0.2) is 5.78 Å². The van der Waals surface area contributed by atoms with Crippen molar-refractivity contribution in [1.82, 2.24) is 0 Å². The molecule has 1 aromatic carbocycles. The van der Waals surface area contributed by atoms with Gasteiger partial charge in [0.05, 0.1) is 5.56 Å². The zero-order valence-electron chi connectivity index (χ0n) is 11.8. The standard InChI is InChI=1S/C17H22O2/c1-11-4-3-5-13(8-11)17-10-15(18)14-9-12(2)6-7-16(14)19-17/h6-7,9,11,13,17H,3-5,8,10H2,1-2H3. The molecule has 102 valence electrons. The zero-order chi connectivity index (χ0) is 13.4. The van der Waals surface area contributed by atoms with E-state index in [1.165, 1.54) is 25.7 Å². The monoisotopic (exact) mass is 258 g/mol. The van der Waals surface area contributed by atoms with Crippen molar-refractivity contribution in [3.8, 4) is 5.75 Å². The number of benzene rings is 1. The van der Waals surface area contributed by atoms with Crippen LogP contribution in [-0.2, 0) is 0 Å². The first-order valence-corrected chi connectivity index (χ1v) is 7.44. The molecule has 1 fully saturated rings. The molecule has 0 saturated heterocycles. The molecule has 3 atom stereocenters. The van der Waals surface area contributed by atoms with Crippen molar-refractivity contribution in [1.29, 1.82) is 0 Å². The van der Waals surface area contributed by atoms with Crippen LogP contribution in [-0.4, -0.2) is 11.9 Å². The third-order valence-electron chi connectivity index (χ3n) is 4.60. The lowest BCUT2D eigenvalue weighted by Gasteiger charge is -2.35. The summed E-state index contributed by atoms with van der Waals surface area (Å²) in [5.74, 6) is 2.39. The summed E-state index contributed by atoms with van der Waals surface area (Å²) in [7, 11) is 0. The summed E-state index contributed by atoms with van der Waals surface area (Å²) in [6.07, 6.45) is 5.69. The number of carbonyl (C=O) groups is 1. The summed E-state index contributed by atoms with van der Waals surface area (Å²) in [5, 5.41) is 0. The number of aryl methyl sites for hydroxylation is 1. The van der Waals surface area contributed by atoms with Gasteiger partial charge in [0.25, 0.3) is 0 Å². The second kappa shape index (κ2) is 4.99. The van der Waals surface area contributed by atoms with E-state index >= 15 is 0 Å². The van der Waals surface area contributed by atoms with Gasteiger partial charge in [-0.2, -0.15) is 0 Å². The van der Waals surface area contributed by atoms with E-state index in [0.717, 1.165) is 22.8 Å². The van der Waals surface area contributed by atoms with Crippen molar-refractivity contribution >= 4 is 5.78 Å². The average molecular weight is 258 g/mol. The van der Waals surface area contributed by atoms with Crippen molar-refractivity contribution in [2.24, 2.45) is 11.8 Å². The number of carbonyl (C=O) groups excluding carboxylic acids is 1. The Hall–Kier alpha value is -1.31. The van der Waals surface area contributed by atoms with Crippen LogP contribution in [0.15, 0.2) is 18.2 Å². The van der Waals surface area contributed by atoms with E-state index in [1.807, 2.05) is 25.1 Å². The van der Waals surface area contributed by atoms with Gasteiger partial charge >= 0.3 is 0 Å². The zero-order valence-corrected chi connectivity index (χ0v) is 11.8. The van der Waals surface area contributed by atoms with Crippen molar-refractivity contribution < 1.29 is 9.53 Å². The molecule has 0 aromatic heterocycles. The first-order chi connectivity index (χ1) is 9.13. The van der Waals surface area contributed by atoms with Gasteiger partial charge in [-0.15, -0.1) is 0 Å². The second-order valence-electron chi connectivity index (χ2n) is 6.32. The molecule has 3 rings (SSSR count). The number of fused-ring (bicyclic) bond motifs is 1. The number of ether oxygens (including phenoxy) is 1. The highest BCUT2D eigenvalue weighted by atomic mass is 16.5. The van der Waals surface area contributed by atoms with Crippen LogP contribution in [0.5, 0.6) is 5.75 Å². The van der Waals surface area contributed by atoms with Crippen LogP contribution >= 0.6 is 0 Å². The summed E-state index contributed by atoms with van der Waals surface area (Å²) in [5.41, 5.74) is 1.90. The van der Waals surface area contributed by atoms with Crippen LogP contribution in [0, 0.1) is 18.8 Å². The lowest BCUT2D eigenvalue weighted by molar-refractivity contribution is 0.0597. The molecule has 1 aliphatic carbocycles. The van der Waals surface area contributed by atoms with E-state index in [4.69, 9.17) is 4.74 Å². The third-order valence-corrected chi connectivity index (χ3v) is 4.60. The molecule has 2 nitrogen and oxygen atoms in total. The molecule has 0 amide bonds. The molecular weight excluding hydrogens is 236 g/mol. The molecule has 0 radical (unpaired) electrons. The quantitative estimate of drug-likeness (QED) is 0.756. The molecule has 0 N–H and O–H groups in total. The van der Waals surface area contributed by atoms with Gasteiger partial charge in [0.1, 0.15) is 11.9 Å². The Kier molecular flexibility index (Phi) is 3.34. The second-order valence-corrected chi connectivity index (χ2v) is 6.32. The molecular formula is C17H22O2. The molecule has 1 saturated carbocycles. The van der Waals surface area contributed by atoms with Gasteiger partial charge < -0.3 is 4.74 Å². The Morgan fingerprint density at radius 2 is 2.11 bits per heavy atom. The molecule has 2 aliphatic rings. The lowest BCUT2D eigenvalue weighted by Crippen LogP contribution is -2.36. The van der Waals surface area contributed by atoms with E-state index in [2.05, 4.69) is 6.92 Å². The molecule has 3 unspecified atom stereocenters. The van der Waals surface area contributed by atoms with Gasteiger partial charge in [-0.25, -0.2) is 0 Å². The highest BCUT2D eigenvalue weighted by Crippen LogP contribution is 2.37. The molecule has 0 spiro atoms. The Labute approximate surface area is 115 Å². The Morgan fingerprint density at radius 3 is 2.89 bits per heavy atom. The van der Waals surface area contributed by atoms with Crippen LogP contribution in [0.3, 0.4) is 0 Å². The predicted octanol–water partition coefficient (Wildman–Crippen LogP) is 4.16. The maximum Gasteiger partial charge on any atom is 0.170 e. The van der Waals surface area contributed by atoms with Crippen molar-refractivity contribution in [2.45, 2.75) is 52.1 Å². The normalized spacial score (nSPS) is 30.6. The van der Waals surface area contributed by atoms with Gasteiger partial charge in [0, 0.05) is 6.42 Å². The summed E-state index contributed by atoms with van der Waals surface area (Å²) < 4.78 is 6.12. The molecule has 19 heavy (non-hydrogen) atoms. The third kappa shape index (κ3) is 2.54. The maximum absolute atomic E-state index is 12.3. The number of ketones is 1. The largest absolute Gasteiger partial charge is 0.489 e. The summed E-state index contributed by atoms with van der Waals surface area (Å²) >= 11 is 0. The van der Waals surface area contributed by atoms with E-state index < -0.39 is 0 Å². The van der Waals surface area contributed by atoms with Crippen LogP contribution in [0.2, 0.25) is 0 Å². The van der Waals surface area contributed by atoms with Crippen molar-refractivity contribution in [3.05, 3.63) is 29.3 Å². The fourth-order valence-corrected chi connectivity index (χ4v) is 3.54. The number of hydrogen-bond acceptors (Lipinski definition) is 2. The highest BCUT2D eigenvalue weighted by molar-refractivity contribution is 6.00. The summed E-state index contributed by atoms with van der Waals surface area (Å²) in [6, 6.07) is 5.94.